The largest absolute Gasteiger partial charge is 0.0985 e. The van der Waals surface area contributed by atoms with E-state index in [1.807, 2.05) is 6.08 Å². The summed E-state index contributed by atoms with van der Waals surface area (Å²) in [5.41, 5.74) is 4.96. The van der Waals surface area contributed by atoms with E-state index in [0.29, 0.717) is 0 Å². The molecule has 21 heavy (non-hydrogen) atoms. The van der Waals surface area contributed by atoms with Gasteiger partial charge in [0, 0.05) is 0 Å². The molecule has 2 rings (SSSR count). The minimum Gasteiger partial charge on any atom is -0.0985 e. The van der Waals surface area contributed by atoms with Crippen LogP contribution in [-0.2, 0) is 0 Å². The van der Waals surface area contributed by atoms with Gasteiger partial charge in [-0.2, -0.15) is 0 Å². The molecule has 0 bridgehead atoms. The van der Waals surface area contributed by atoms with Crippen LogP contribution in [0.25, 0.3) is 17.2 Å². The lowest BCUT2D eigenvalue weighted by Crippen LogP contribution is -1.78. The summed E-state index contributed by atoms with van der Waals surface area (Å²) in [6, 6.07) is 17.0. The molecule has 2 aromatic carbocycles. The predicted octanol–water partition coefficient (Wildman–Crippen LogP) is 6.89. The van der Waals surface area contributed by atoms with Gasteiger partial charge in [-0.3, -0.25) is 0 Å². The Hall–Kier alpha value is -1.82. The third kappa shape index (κ3) is 6.44. The molecule has 0 radical (unpaired) electrons. The van der Waals surface area contributed by atoms with Gasteiger partial charge in [0.15, 0.2) is 0 Å². The second-order valence-electron chi connectivity index (χ2n) is 5.40. The van der Waals surface area contributed by atoms with Gasteiger partial charge in [-0.15, -0.1) is 0 Å². The Balaban J connectivity index is 0.000000315. The number of benzene rings is 2. The third-order valence-electron chi connectivity index (χ3n) is 3.49. The summed E-state index contributed by atoms with van der Waals surface area (Å²) >= 11 is 0. The highest BCUT2D eigenvalue weighted by atomic mass is 14.0. The summed E-state index contributed by atoms with van der Waals surface area (Å²) in [4.78, 5) is 0. The van der Waals surface area contributed by atoms with E-state index in [9.17, 15) is 0 Å². The Morgan fingerprint density at radius 1 is 0.762 bits per heavy atom. The Labute approximate surface area is 130 Å². The summed E-state index contributed by atoms with van der Waals surface area (Å²) in [6.45, 7) is 10.3. The number of aryl methyl sites for hydroxylation is 1. The van der Waals surface area contributed by atoms with Gasteiger partial charge in [-0.25, -0.2) is 0 Å². The summed E-state index contributed by atoms with van der Waals surface area (Å²) in [7, 11) is 0. The number of rotatable bonds is 5. The molecule has 0 heteroatoms. The maximum absolute atomic E-state index is 3.74. The summed E-state index contributed by atoms with van der Waals surface area (Å²) < 4.78 is 0. The topological polar surface area (TPSA) is 0 Å². The third-order valence-corrected chi connectivity index (χ3v) is 3.49. The van der Waals surface area contributed by atoms with Crippen LogP contribution in [0, 0.1) is 6.92 Å². The van der Waals surface area contributed by atoms with Gasteiger partial charge in [0.2, 0.25) is 0 Å². The SMILES string of the molecule is C=Cc1ccc(-c2ccc(C)cc2)cc1.CCCCCC. The predicted molar refractivity (Wildman–Crippen MR) is 96.5 cm³/mol. The van der Waals surface area contributed by atoms with E-state index in [2.05, 4.69) is 75.9 Å². The lowest BCUT2D eigenvalue weighted by atomic mass is 10.0. The highest BCUT2D eigenvalue weighted by molar-refractivity contribution is 5.65. The van der Waals surface area contributed by atoms with Crippen molar-refractivity contribution in [3.63, 3.8) is 0 Å². The average molecular weight is 280 g/mol. The van der Waals surface area contributed by atoms with Crippen LogP contribution in [0.4, 0.5) is 0 Å². The van der Waals surface area contributed by atoms with Crippen LogP contribution in [0.2, 0.25) is 0 Å². The first kappa shape index (κ1) is 17.2. The van der Waals surface area contributed by atoms with Crippen LogP contribution in [0.5, 0.6) is 0 Å². The minimum absolute atomic E-state index is 1.16. The van der Waals surface area contributed by atoms with Crippen LogP contribution in [0.1, 0.15) is 50.7 Å². The lowest BCUT2D eigenvalue weighted by Gasteiger charge is -2.02. The van der Waals surface area contributed by atoms with Crippen LogP contribution < -0.4 is 0 Å². The van der Waals surface area contributed by atoms with Gasteiger partial charge >= 0.3 is 0 Å². The van der Waals surface area contributed by atoms with Crippen molar-refractivity contribution < 1.29 is 0 Å². The molecule has 0 aliphatic heterocycles. The fourth-order valence-electron chi connectivity index (χ4n) is 2.06. The average Bonchev–Trinajstić information content (AvgIpc) is 2.54. The molecule has 0 spiro atoms. The molecule has 0 unspecified atom stereocenters. The first-order chi connectivity index (χ1) is 10.2. The van der Waals surface area contributed by atoms with Gasteiger partial charge in [0.05, 0.1) is 0 Å². The molecule has 112 valence electrons. The summed E-state index contributed by atoms with van der Waals surface area (Å²) in [6.07, 6.45) is 7.40. The Morgan fingerprint density at radius 2 is 1.19 bits per heavy atom. The molecule has 0 atom stereocenters. The lowest BCUT2D eigenvalue weighted by molar-refractivity contribution is 0.702. The van der Waals surface area contributed by atoms with Crippen molar-refractivity contribution >= 4 is 6.08 Å². The summed E-state index contributed by atoms with van der Waals surface area (Å²) in [5, 5.41) is 0. The number of hydrogen-bond acceptors (Lipinski definition) is 0. The van der Waals surface area contributed by atoms with Gasteiger partial charge in [0.1, 0.15) is 0 Å². The molecule has 0 aliphatic rings. The van der Waals surface area contributed by atoms with Crippen molar-refractivity contribution in [2.24, 2.45) is 0 Å². The Kier molecular flexibility index (Phi) is 8.19. The zero-order valence-electron chi connectivity index (χ0n) is 13.7. The van der Waals surface area contributed by atoms with Crippen molar-refractivity contribution in [1.82, 2.24) is 0 Å². The normalized spacial score (nSPS) is 9.67. The molecule has 0 aliphatic carbocycles. The molecule has 0 heterocycles. The molecule has 0 nitrogen and oxygen atoms in total. The molecule has 0 saturated heterocycles. The molecule has 0 fully saturated rings. The second-order valence-corrected chi connectivity index (χ2v) is 5.40. The van der Waals surface area contributed by atoms with Crippen molar-refractivity contribution in [2.75, 3.05) is 0 Å². The maximum atomic E-state index is 3.74. The van der Waals surface area contributed by atoms with Crippen LogP contribution in [0.15, 0.2) is 55.1 Å². The van der Waals surface area contributed by atoms with E-state index in [-0.39, 0.29) is 0 Å². The highest BCUT2D eigenvalue weighted by Crippen LogP contribution is 2.20. The molecular formula is C21H28. The van der Waals surface area contributed by atoms with Crippen LogP contribution in [-0.4, -0.2) is 0 Å². The van der Waals surface area contributed by atoms with Gasteiger partial charge in [-0.1, -0.05) is 106 Å². The quantitative estimate of drug-likeness (QED) is 0.523. The molecule has 0 aromatic heterocycles. The number of unbranched alkanes of at least 4 members (excludes halogenated alkanes) is 3. The van der Waals surface area contributed by atoms with E-state index in [0.717, 1.165) is 5.56 Å². The van der Waals surface area contributed by atoms with E-state index < -0.39 is 0 Å². The molecule has 0 N–H and O–H groups in total. The first-order valence-electron chi connectivity index (χ1n) is 8.00. The number of hydrogen-bond donors (Lipinski definition) is 0. The minimum atomic E-state index is 1.16. The molecule has 0 amide bonds. The Bertz CT molecular complexity index is 499. The zero-order chi connectivity index (χ0) is 15.5. The molecule has 0 saturated carbocycles. The highest BCUT2D eigenvalue weighted by Gasteiger charge is 1.96. The second kappa shape index (κ2) is 9.99. The van der Waals surface area contributed by atoms with Crippen molar-refractivity contribution in [1.29, 1.82) is 0 Å². The van der Waals surface area contributed by atoms with Crippen LogP contribution in [0.3, 0.4) is 0 Å². The van der Waals surface area contributed by atoms with Crippen molar-refractivity contribution in [3.05, 3.63) is 66.2 Å². The Morgan fingerprint density at radius 3 is 1.57 bits per heavy atom. The monoisotopic (exact) mass is 280 g/mol. The first-order valence-corrected chi connectivity index (χ1v) is 8.00. The van der Waals surface area contributed by atoms with Crippen molar-refractivity contribution in [2.45, 2.75) is 46.5 Å². The molecule has 2 aromatic rings. The standard InChI is InChI=1S/C15H14.C6H14/c1-3-13-6-10-15(11-7-13)14-8-4-12(2)5-9-14;1-3-5-6-4-2/h3-11H,1H2,2H3;3-6H2,1-2H3. The smallest absolute Gasteiger partial charge is 0.0184 e. The van der Waals surface area contributed by atoms with Gasteiger partial charge < -0.3 is 0 Å². The van der Waals surface area contributed by atoms with Crippen molar-refractivity contribution in [3.8, 4) is 11.1 Å². The van der Waals surface area contributed by atoms with E-state index in [1.54, 1.807) is 0 Å². The van der Waals surface area contributed by atoms with E-state index in [4.69, 9.17) is 0 Å². The van der Waals surface area contributed by atoms with E-state index in [1.165, 1.54) is 42.4 Å². The zero-order valence-corrected chi connectivity index (χ0v) is 13.7. The van der Waals surface area contributed by atoms with Crippen LogP contribution >= 0.6 is 0 Å². The summed E-state index contributed by atoms with van der Waals surface area (Å²) in [5.74, 6) is 0. The molecular weight excluding hydrogens is 252 g/mol. The van der Waals surface area contributed by atoms with E-state index >= 15 is 0 Å². The van der Waals surface area contributed by atoms with Gasteiger partial charge in [0.25, 0.3) is 0 Å². The fraction of sp³-hybridized carbons (Fsp3) is 0.333. The maximum Gasteiger partial charge on any atom is -0.0184 e. The fourth-order valence-corrected chi connectivity index (χ4v) is 2.06. The van der Waals surface area contributed by atoms with Gasteiger partial charge in [-0.05, 0) is 23.6 Å².